The number of ether oxygens (including phenoxy) is 2. The van der Waals surface area contributed by atoms with Crippen molar-refractivity contribution in [2.24, 2.45) is 10.7 Å². The summed E-state index contributed by atoms with van der Waals surface area (Å²) in [6, 6.07) is 7.55. The fourth-order valence-electron chi connectivity index (χ4n) is 2.92. The number of nitrogens with two attached hydrogens (primary N) is 2. The molecule has 3 rings (SSSR count). The molecule has 6 nitrogen and oxygen atoms in total. The summed E-state index contributed by atoms with van der Waals surface area (Å²) in [6.07, 6.45) is 1.40. The van der Waals surface area contributed by atoms with Gasteiger partial charge in [-0.05, 0) is 38.8 Å². The molecule has 2 aromatic carbocycles. The van der Waals surface area contributed by atoms with Crippen LogP contribution >= 0.6 is 23.4 Å². The van der Waals surface area contributed by atoms with Crippen LogP contribution in [0.3, 0.4) is 0 Å². The van der Waals surface area contributed by atoms with Crippen LogP contribution in [0.15, 0.2) is 39.0 Å². The average molecular weight is 447 g/mol. The number of nitrogens with zero attached hydrogens (tertiary/aromatic N) is 1. The molecule has 0 bridgehead atoms. The van der Waals surface area contributed by atoms with Crippen molar-refractivity contribution < 1.29 is 9.47 Å². The third-order valence-electron chi connectivity index (χ3n) is 4.95. The van der Waals surface area contributed by atoms with Crippen LogP contribution in [0.1, 0.15) is 51.7 Å². The highest BCUT2D eigenvalue weighted by Crippen LogP contribution is 2.51. The molecular weight excluding hydrogens is 420 g/mol. The van der Waals surface area contributed by atoms with Crippen molar-refractivity contribution in [1.29, 1.82) is 5.41 Å². The highest BCUT2D eigenvalue weighted by Gasteiger charge is 2.34. The van der Waals surface area contributed by atoms with E-state index in [1.165, 1.54) is 11.8 Å². The lowest BCUT2D eigenvalue weighted by Crippen LogP contribution is -2.19. The number of halogens is 1. The van der Waals surface area contributed by atoms with Gasteiger partial charge in [0.15, 0.2) is 11.6 Å². The van der Waals surface area contributed by atoms with Gasteiger partial charge in [0.05, 0.1) is 28.2 Å². The first-order valence-corrected chi connectivity index (χ1v) is 11.2. The Bertz CT molecular complexity index is 1010. The van der Waals surface area contributed by atoms with Crippen molar-refractivity contribution in [2.75, 3.05) is 5.73 Å². The van der Waals surface area contributed by atoms with Crippen molar-refractivity contribution in [2.45, 2.75) is 62.5 Å². The van der Waals surface area contributed by atoms with Gasteiger partial charge in [-0.2, -0.15) is 0 Å². The van der Waals surface area contributed by atoms with Crippen LogP contribution in [0, 0.1) is 5.41 Å². The predicted molar refractivity (Wildman–Crippen MR) is 125 cm³/mol. The summed E-state index contributed by atoms with van der Waals surface area (Å²) < 4.78 is 12.4. The minimum atomic E-state index is -0.0952. The van der Waals surface area contributed by atoms with Crippen molar-refractivity contribution in [3.63, 3.8) is 0 Å². The van der Waals surface area contributed by atoms with Gasteiger partial charge in [0, 0.05) is 10.6 Å². The Kier molecular flexibility index (Phi) is 6.83. The zero-order valence-electron chi connectivity index (χ0n) is 17.6. The molecule has 160 valence electrons. The minimum absolute atomic E-state index is 0.0208. The summed E-state index contributed by atoms with van der Waals surface area (Å²) in [5.74, 6) is 1.16. The van der Waals surface area contributed by atoms with Crippen LogP contribution in [0.4, 0.5) is 5.69 Å². The van der Waals surface area contributed by atoms with Crippen LogP contribution in [0.25, 0.3) is 0 Å². The number of nitrogens with one attached hydrogen (secondary N) is 1. The molecule has 2 atom stereocenters. The largest absolute Gasteiger partial charge is 0.489 e. The minimum Gasteiger partial charge on any atom is -0.489 e. The van der Waals surface area contributed by atoms with E-state index in [9.17, 15) is 0 Å². The smallest absolute Gasteiger partial charge is 0.158 e. The van der Waals surface area contributed by atoms with Gasteiger partial charge in [-0.3, -0.25) is 5.41 Å². The van der Waals surface area contributed by atoms with E-state index in [-0.39, 0.29) is 23.9 Å². The number of nitrogen functional groups attached to an aromatic ring is 1. The fraction of sp³-hybridized carbons (Fsp3) is 0.364. The SMILES string of the molecule is CCC(C)Oc1c(Cl)c(Sc2ccccc2N)c(OC(C)CC)c2c1C(=N)N=C2N. The first-order valence-electron chi connectivity index (χ1n) is 9.96. The van der Waals surface area contributed by atoms with E-state index >= 15 is 0 Å². The molecule has 0 fully saturated rings. The molecule has 1 heterocycles. The summed E-state index contributed by atoms with van der Waals surface area (Å²) in [6.45, 7) is 7.99. The second kappa shape index (κ2) is 9.18. The molecule has 5 N–H and O–H groups in total. The summed E-state index contributed by atoms with van der Waals surface area (Å²) in [5.41, 5.74) is 14.1. The van der Waals surface area contributed by atoms with E-state index in [2.05, 4.69) is 4.99 Å². The topological polar surface area (TPSA) is 107 Å². The average Bonchev–Trinajstić information content (AvgIpc) is 3.02. The summed E-state index contributed by atoms with van der Waals surface area (Å²) in [4.78, 5) is 5.67. The molecule has 0 radical (unpaired) electrons. The number of aliphatic imine (C=N–C) groups is 1. The molecule has 0 saturated heterocycles. The molecule has 1 aliphatic rings. The first kappa shape index (κ1) is 22.3. The fourth-order valence-corrected chi connectivity index (χ4v) is 4.24. The van der Waals surface area contributed by atoms with Gasteiger partial charge in [0.2, 0.25) is 0 Å². The van der Waals surface area contributed by atoms with E-state index in [0.29, 0.717) is 38.2 Å². The maximum atomic E-state index is 8.36. The van der Waals surface area contributed by atoms with E-state index in [1.807, 2.05) is 52.0 Å². The van der Waals surface area contributed by atoms with Crippen LogP contribution in [-0.4, -0.2) is 23.9 Å². The Balaban J connectivity index is 2.28. The van der Waals surface area contributed by atoms with Crippen LogP contribution in [-0.2, 0) is 0 Å². The molecule has 0 spiro atoms. The number of para-hydroxylation sites is 1. The van der Waals surface area contributed by atoms with Gasteiger partial charge in [0.1, 0.15) is 16.6 Å². The molecule has 0 saturated carbocycles. The highest BCUT2D eigenvalue weighted by molar-refractivity contribution is 7.99. The Morgan fingerprint density at radius 3 is 2.23 bits per heavy atom. The third kappa shape index (κ3) is 4.23. The molecule has 0 amide bonds. The summed E-state index contributed by atoms with van der Waals surface area (Å²) in [5, 5.41) is 8.73. The van der Waals surface area contributed by atoms with Crippen molar-refractivity contribution in [3.05, 3.63) is 40.4 Å². The Hall–Kier alpha value is -2.38. The second-order valence-electron chi connectivity index (χ2n) is 7.21. The quantitative estimate of drug-likeness (QED) is 0.466. The monoisotopic (exact) mass is 446 g/mol. The highest BCUT2D eigenvalue weighted by atomic mass is 35.5. The number of amidine groups is 2. The number of anilines is 1. The lowest BCUT2D eigenvalue weighted by Gasteiger charge is -2.24. The van der Waals surface area contributed by atoms with Gasteiger partial charge >= 0.3 is 0 Å². The number of fused-ring (bicyclic) bond motifs is 1. The lowest BCUT2D eigenvalue weighted by molar-refractivity contribution is 0.205. The lowest BCUT2D eigenvalue weighted by atomic mass is 10.0. The standard InChI is InChI=1S/C22H27ClN4O2S/c1-5-11(3)28-18-15-16(22(26)27-21(15)25)19(29-12(4)6-2)20(17(18)23)30-14-10-8-7-9-13(14)24/h7-12H,5-6,24H2,1-4H3,(H3,25,26,27). The third-order valence-corrected chi connectivity index (χ3v) is 6.61. The van der Waals surface area contributed by atoms with E-state index in [1.54, 1.807) is 0 Å². The van der Waals surface area contributed by atoms with E-state index in [4.69, 9.17) is 38.0 Å². The van der Waals surface area contributed by atoms with Gasteiger partial charge in [0.25, 0.3) is 0 Å². The normalized spacial score (nSPS) is 14.8. The van der Waals surface area contributed by atoms with Gasteiger partial charge in [-0.1, -0.05) is 49.3 Å². The zero-order chi connectivity index (χ0) is 22.0. The molecule has 0 aromatic heterocycles. The van der Waals surface area contributed by atoms with Crippen LogP contribution < -0.4 is 20.9 Å². The van der Waals surface area contributed by atoms with Gasteiger partial charge in [-0.15, -0.1) is 0 Å². The molecule has 30 heavy (non-hydrogen) atoms. The van der Waals surface area contributed by atoms with E-state index < -0.39 is 0 Å². The van der Waals surface area contributed by atoms with E-state index in [0.717, 1.165) is 17.7 Å². The number of hydrogen-bond acceptors (Lipinski definition) is 6. The Morgan fingerprint density at radius 1 is 1.03 bits per heavy atom. The van der Waals surface area contributed by atoms with Crippen molar-refractivity contribution >= 4 is 40.7 Å². The van der Waals surface area contributed by atoms with Crippen molar-refractivity contribution in [3.8, 4) is 11.5 Å². The van der Waals surface area contributed by atoms with Gasteiger partial charge in [-0.25, -0.2) is 4.99 Å². The number of benzene rings is 2. The van der Waals surface area contributed by atoms with Crippen LogP contribution in [0.2, 0.25) is 5.02 Å². The molecule has 8 heteroatoms. The number of rotatable bonds is 8. The summed E-state index contributed by atoms with van der Waals surface area (Å²) in [7, 11) is 0. The molecule has 0 aliphatic carbocycles. The molecular formula is C22H27ClN4O2S. The number of hydrogen-bond donors (Lipinski definition) is 3. The maximum absolute atomic E-state index is 8.36. The zero-order valence-corrected chi connectivity index (χ0v) is 19.2. The molecule has 2 unspecified atom stereocenters. The van der Waals surface area contributed by atoms with Crippen molar-refractivity contribution in [1.82, 2.24) is 0 Å². The second-order valence-corrected chi connectivity index (χ2v) is 8.64. The first-order chi connectivity index (χ1) is 14.3. The van der Waals surface area contributed by atoms with Crippen LogP contribution in [0.5, 0.6) is 11.5 Å². The summed E-state index contributed by atoms with van der Waals surface area (Å²) >= 11 is 8.28. The molecule has 2 aromatic rings. The maximum Gasteiger partial charge on any atom is 0.158 e. The van der Waals surface area contributed by atoms with Gasteiger partial charge < -0.3 is 20.9 Å². The Labute approximate surface area is 186 Å². The molecule has 1 aliphatic heterocycles. The predicted octanol–water partition coefficient (Wildman–Crippen LogP) is 5.47. The Morgan fingerprint density at radius 2 is 1.63 bits per heavy atom.